The predicted molar refractivity (Wildman–Crippen MR) is 93.7 cm³/mol. The van der Waals surface area contributed by atoms with Gasteiger partial charge in [-0.1, -0.05) is 24.3 Å². The molecule has 4 saturated carbocycles. The van der Waals surface area contributed by atoms with Gasteiger partial charge in [0.15, 0.2) is 0 Å². The van der Waals surface area contributed by atoms with E-state index in [1.807, 2.05) is 0 Å². The Morgan fingerprint density at radius 3 is 1.68 bits per heavy atom. The highest BCUT2D eigenvalue weighted by Crippen LogP contribution is 2.51. The summed E-state index contributed by atoms with van der Waals surface area (Å²) in [6.07, 6.45) is 11.2. The van der Waals surface area contributed by atoms with Gasteiger partial charge in [0.05, 0.1) is 0 Å². The average molecular weight is 300 g/mol. The summed E-state index contributed by atoms with van der Waals surface area (Å²) in [6.45, 7) is 11.2. The molecule has 0 saturated heterocycles. The fraction of sp³-hybridized carbons (Fsp3) is 0.810. The summed E-state index contributed by atoms with van der Waals surface area (Å²) in [4.78, 5) is 2.68. The van der Waals surface area contributed by atoms with Crippen LogP contribution in [0.2, 0.25) is 0 Å². The minimum Gasteiger partial charge on any atom is -0.306 e. The van der Waals surface area contributed by atoms with Crippen molar-refractivity contribution < 1.29 is 0 Å². The number of hydrogen-bond donors (Lipinski definition) is 0. The first-order valence-corrected chi connectivity index (χ1v) is 9.62. The topological polar surface area (TPSA) is 3.24 Å². The van der Waals surface area contributed by atoms with Crippen LogP contribution >= 0.6 is 0 Å². The lowest BCUT2D eigenvalue weighted by atomic mass is 9.89. The SMILES string of the molecule is C=C1CC2CC[C@@H](CN(C)C[C@@H]3CCC4CC(=C)C[C@@H]43)[C@H]2C1. The molecule has 22 heavy (non-hydrogen) atoms. The molecule has 0 N–H and O–H groups in total. The monoisotopic (exact) mass is 299 g/mol. The van der Waals surface area contributed by atoms with Crippen LogP contribution in [0.25, 0.3) is 0 Å². The predicted octanol–water partition coefficient (Wildman–Crippen LogP) is 4.90. The van der Waals surface area contributed by atoms with Gasteiger partial charge in [0.25, 0.3) is 0 Å². The first-order valence-electron chi connectivity index (χ1n) is 9.62. The molecule has 1 heteroatoms. The second kappa shape index (κ2) is 5.82. The molecule has 4 fully saturated rings. The normalized spacial score (nSPS) is 44.1. The third-order valence-corrected chi connectivity index (χ3v) is 7.48. The molecule has 1 nitrogen and oxygen atoms in total. The lowest BCUT2D eigenvalue weighted by molar-refractivity contribution is 0.187. The molecule has 0 amide bonds. The second-order valence-electron chi connectivity index (χ2n) is 9.06. The summed E-state index contributed by atoms with van der Waals surface area (Å²) in [5, 5.41) is 0. The second-order valence-corrected chi connectivity index (χ2v) is 9.06. The molecule has 0 aliphatic heterocycles. The van der Waals surface area contributed by atoms with Gasteiger partial charge in [-0.05, 0) is 93.9 Å². The van der Waals surface area contributed by atoms with Crippen molar-refractivity contribution in [1.29, 1.82) is 0 Å². The van der Waals surface area contributed by atoms with E-state index in [-0.39, 0.29) is 0 Å². The molecule has 0 aromatic rings. The van der Waals surface area contributed by atoms with Crippen LogP contribution in [0, 0.1) is 35.5 Å². The third kappa shape index (κ3) is 2.70. The summed E-state index contributed by atoms with van der Waals surface area (Å²) < 4.78 is 0. The number of allylic oxidation sites excluding steroid dienone is 2. The Balaban J connectivity index is 1.31. The molecule has 0 spiro atoms. The van der Waals surface area contributed by atoms with Gasteiger partial charge in [-0.15, -0.1) is 0 Å². The minimum absolute atomic E-state index is 0.949. The number of nitrogens with zero attached hydrogens (tertiary/aromatic N) is 1. The summed E-state index contributed by atoms with van der Waals surface area (Å²) >= 11 is 0. The number of fused-ring (bicyclic) bond motifs is 2. The molecule has 0 aromatic carbocycles. The van der Waals surface area contributed by atoms with E-state index in [9.17, 15) is 0 Å². The van der Waals surface area contributed by atoms with Crippen LogP contribution in [0.5, 0.6) is 0 Å². The van der Waals surface area contributed by atoms with Crippen LogP contribution in [0.1, 0.15) is 51.4 Å². The smallest absolute Gasteiger partial charge is 0.000959 e. The van der Waals surface area contributed by atoms with Crippen molar-refractivity contribution in [1.82, 2.24) is 4.90 Å². The van der Waals surface area contributed by atoms with Gasteiger partial charge < -0.3 is 4.90 Å². The van der Waals surface area contributed by atoms with Gasteiger partial charge in [0.1, 0.15) is 0 Å². The summed E-state index contributed by atoms with van der Waals surface area (Å²) in [7, 11) is 2.38. The van der Waals surface area contributed by atoms with Crippen molar-refractivity contribution >= 4 is 0 Å². The van der Waals surface area contributed by atoms with Gasteiger partial charge in [0.2, 0.25) is 0 Å². The molecule has 0 bridgehead atoms. The van der Waals surface area contributed by atoms with E-state index in [2.05, 4.69) is 25.1 Å². The number of hydrogen-bond acceptors (Lipinski definition) is 1. The zero-order valence-electron chi connectivity index (χ0n) is 14.4. The zero-order chi connectivity index (χ0) is 15.3. The van der Waals surface area contributed by atoms with Crippen molar-refractivity contribution in [3.05, 3.63) is 24.3 Å². The lowest BCUT2D eigenvalue weighted by Gasteiger charge is -2.29. The first kappa shape index (κ1) is 15.0. The van der Waals surface area contributed by atoms with Gasteiger partial charge in [-0.3, -0.25) is 0 Å². The van der Waals surface area contributed by atoms with Crippen molar-refractivity contribution in [3.63, 3.8) is 0 Å². The maximum atomic E-state index is 4.25. The summed E-state index contributed by atoms with van der Waals surface area (Å²) in [5.41, 5.74) is 3.07. The molecule has 122 valence electrons. The quantitative estimate of drug-likeness (QED) is 0.667. The Labute approximate surface area is 136 Å². The number of rotatable bonds is 4. The van der Waals surface area contributed by atoms with E-state index >= 15 is 0 Å². The molecule has 4 aliphatic rings. The third-order valence-electron chi connectivity index (χ3n) is 7.48. The van der Waals surface area contributed by atoms with Gasteiger partial charge in [-0.2, -0.15) is 0 Å². The fourth-order valence-corrected chi connectivity index (χ4v) is 6.56. The highest BCUT2D eigenvalue weighted by atomic mass is 15.1. The summed E-state index contributed by atoms with van der Waals surface area (Å²) in [6, 6.07) is 0. The highest BCUT2D eigenvalue weighted by molar-refractivity contribution is 5.11. The van der Waals surface area contributed by atoms with Crippen LogP contribution in [0.4, 0.5) is 0 Å². The van der Waals surface area contributed by atoms with Gasteiger partial charge >= 0.3 is 0 Å². The standard InChI is InChI=1S/C21H33N/c1-14-8-16-4-6-18(20(16)10-14)12-22(3)13-19-7-5-17-9-15(2)11-21(17)19/h16-21H,1-2,4-13H2,3H3/t16?,17?,18-,19-,20-,21-/m0/s1. The fourth-order valence-electron chi connectivity index (χ4n) is 6.56. The van der Waals surface area contributed by atoms with Crippen LogP contribution in [-0.4, -0.2) is 25.0 Å². The van der Waals surface area contributed by atoms with E-state index in [4.69, 9.17) is 0 Å². The molecule has 0 aromatic heterocycles. The van der Waals surface area contributed by atoms with E-state index in [0.717, 1.165) is 35.5 Å². The van der Waals surface area contributed by atoms with Crippen LogP contribution in [0.3, 0.4) is 0 Å². The maximum absolute atomic E-state index is 4.25. The molecule has 2 unspecified atom stereocenters. The van der Waals surface area contributed by atoms with Crippen LogP contribution < -0.4 is 0 Å². The molecule has 6 atom stereocenters. The Hall–Kier alpha value is -0.560. The molecule has 4 rings (SSSR count). The molecule has 4 aliphatic carbocycles. The van der Waals surface area contributed by atoms with E-state index < -0.39 is 0 Å². The average Bonchev–Trinajstić information content (AvgIpc) is 3.16. The molecular formula is C21H33N. The molecular weight excluding hydrogens is 266 g/mol. The van der Waals surface area contributed by atoms with Crippen molar-refractivity contribution in [3.8, 4) is 0 Å². The zero-order valence-corrected chi connectivity index (χ0v) is 14.4. The highest BCUT2D eigenvalue weighted by Gasteiger charge is 2.43. The van der Waals surface area contributed by atoms with Gasteiger partial charge in [-0.25, -0.2) is 0 Å². The first-order chi connectivity index (χ1) is 10.6. The minimum atomic E-state index is 0.949. The van der Waals surface area contributed by atoms with Crippen LogP contribution in [0.15, 0.2) is 24.3 Å². The maximum Gasteiger partial charge on any atom is 0.000959 e. The Bertz CT molecular complexity index is 423. The summed E-state index contributed by atoms with van der Waals surface area (Å²) in [5.74, 6) is 5.81. The molecule has 0 heterocycles. The van der Waals surface area contributed by atoms with Crippen molar-refractivity contribution in [2.45, 2.75) is 51.4 Å². The van der Waals surface area contributed by atoms with E-state index in [1.54, 1.807) is 0 Å². The Morgan fingerprint density at radius 2 is 1.23 bits per heavy atom. The molecule has 0 radical (unpaired) electrons. The van der Waals surface area contributed by atoms with E-state index in [0.29, 0.717) is 0 Å². The van der Waals surface area contributed by atoms with Crippen molar-refractivity contribution in [2.75, 3.05) is 20.1 Å². The lowest BCUT2D eigenvalue weighted by Crippen LogP contribution is -2.33. The Morgan fingerprint density at radius 1 is 0.773 bits per heavy atom. The Kier molecular flexibility index (Phi) is 3.97. The van der Waals surface area contributed by atoms with Crippen LogP contribution in [-0.2, 0) is 0 Å². The van der Waals surface area contributed by atoms with E-state index in [1.165, 1.54) is 75.6 Å². The van der Waals surface area contributed by atoms with Crippen molar-refractivity contribution in [2.24, 2.45) is 35.5 Å². The van der Waals surface area contributed by atoms with Gasteiger partial charge in [0, 0.05) is 13.1 Å². The largest absolute Gasteiger partial charge is 0.306 e.